The van der Waals surface area contributed by atoms with Crippen LogP contribution in [-0.2, 0) is 11.3 Å². The molecule has 1 aromatic heterocycles. The predicted molar refractivity (Wildman–Crippen MR) is 62.3 cm³/mol. The minimum absolute atomic E-state index is 0.143. The summed E-state index contributed by atoms with van der Waals surface area (Å²) in [5.74, 6) is 1.81. The monoisotopic (exact) mass is 227 g/mol. The third-order valence-electron chi connectivity index (χ3n) is 2.61. The van der Waals surface area contributed by atoms with E-state index in [9.17, 15) is 0 Å². The van der Waals surface area contributed by atoms with E-state index in [0.717, 1.165) is 11.5 Å². The van der Waals surface area contributed by atoms with Gasteiger partial charge in [-0.2, -0.15) is 0 Å². The highest BCUT2D eigenvalue weighted by atomic mass is 16.5. The van der Waals surface area contributed by atoms with Gasteiger partial charge in [0, 0.05) is 19.3 Å². The summed E-state index contributed by atoms with van der Waals surface area (Å²) >= 11 is 0. The van der Waals surface area contributed by atoms with Crippen LogP contribution in [0.3, 0.4) is 0 Å². The Balaban J connectivity index is 2.49. The van der Waals surface area contributed by atoms with Gasteiger partial charge in [-0.15, -0.1) is 0 Å². The molecule has 4 nitrogen and oxygen atoms in total. The van der Waals surface area contributed by atoms with Crippen molar-refractivity contribution in [1.29, 1.82) is 0 Å². The van der Waals surface area contributed by atoms with Crippen molar-refractivity contribution >= 4 is 0 Å². The molecule has 0 fully saturated rings. The average molecular weight is 227 g/mol. The molecule has 0 bridgehead atoms. The molecule has 0 aromatic carbocycles. The smallest absolute Gasteiger partial charge is 0.117 e. The van der Waals surface area contributed by atoms with E-state index in [-0.39, 0.29) is 12.1 Å². The number of furan rings is 1. The molecule has 1 atom stereocenters. The number of nitrogens with one attached hydrogen (secondary N) is 1. The highest BCUT2D eigenvalue weighted by Gasteiger charge is 2.23. The van der Waals surface area contributed by atoms with Gasteiger partial charge in [-0.3, -0.25) is 0 Å². The molecule has 4 heteroatoms. The summed E-state index contributed by atoms with van der Waals surface area (Å²) in [6.07, 6.45) is 0.653. The Labute approximate surface area is 96.6 Å². The van der Waals surface area contributed by atoms with E-state index >= 15 is 0 Å². The van der Waals surface area contributed by atoms with Crippen molar-refractivity contribution in [3.63, 3.8) is 0 Å². The Morgan fingerprint density at radius 2 is 2.25 bits per heavy atom. The van der Waals surface area contributed by atoms with E-state index < -0.39 is 0 Å². The molecular weight excluding hydrogens is 206 g/mol. The van der Waals surface area contributed by atoms with Gasteiger partial charge in [-0.05, 0) is 32.4 Å². The van der Waals surface area contributed by atoms with E-state index in [0.29, 0.717) is 19.6 Å². The molecule has 0 spiro atoms. The molecule has 16 heavy (non-hydrogen) atoms. The SMILES string of the molecule is COCC(C)(CCO)NCc1ccc(C)o1. The predicted octanol–water partition coefficient (Wildman–Crippen LogP) is 1.47. The van der Waals surface area contributed by atoms with Crippen LogP contribution in [0.15, 0.2) is 16.5 Å². The van der Waals surface area contributed by atoms with E-state index in [1.165, 1.54) is 0 Å². The van der Waals surface area contributed by atoms with Crippen molar-refractivity contribution in [1.82, 2.24) is 5.32 Å². The second-order valence-corrected chi connectivity index (χ2v) is 4.33. The van der Waals surface area contributed by atoms with Crippen molar-refractivity contribution in [3.05, 3.63) is 23.7 Å². The minimum Gasteiger partial charge on any atom is -0.465 e. The molecule has 0 aliphatic rings. The molecule has 0 radical (unpaired) electrons. The fourth-order valence-electron chi connectivity index (χ4n) is 1.66. The zero-order chi connectivity index (χ0) is 12.0. The van der Waals surface area contributed by atoms with Gasteiger partial charge >= 0.3 is 0 Å². The number of ether oxygens (including phenoxy) is 1. The maximum Gasteiger partial charge on any atom is 0.117 e. The van der Waals surface area contributed by atoms with Gasteiger partial charge in [-0.1, -0.05) is 0 Å². The fourth-order valence-corrected chi connectivity index (χ4v) is 1.66. The lowest BCUT2D eigenvalue weighted by molar-refractivity contribution is 0.0955. The first-order valence-electron chi connectivity index (χ1n) is 5.50. The van der Waals surface area contributed by atoms with E-state index in [1.807, 2.05) is 26.0 Å². The number of aliphatic hydroxyl groups excluding tert-OH is 1. The fraction of sp³-hybridized carbons (Fsp3) is 0.667. The van der Waals surface area contributed by atoms with Crippen LogP contribution in [0.2, 0.25) is 0 Å². The molecule has 2 N–H and O–H groups in total. The second kappa shape index (κ2) is 6.03. The van der Waals surface area contributed by atoms with Crippen LogP contribution in [0, 0.1) is 6.92 Å². The Bertz CT molecular complexity index is 303. The van der Waals surface area contributed by atoms with Gasteiger partial charge in [0.15, 0.2) is 0 Å². The quantitative estimate of drug-likeness (QED) is 0.740. The summed E-state index contributed by atoms with van der Waals surface area (Å²) in [5.41, 5.74) is -0.218. The Kier molecular flexibility index (Phi) is 4.99. The molecular formula is C12H21NO3. The number of methoxy groups -OCH3 is 1. The van der Waals surface area contributed by atoms with Crippen LogP contribution in [0.5, 0.6) is 0 Å². The highest BCUT2D eigenvalue weighted by Crippen LogP contribution is 2.12. The Hall–Kier alpha value is -0.840. The van der Waals surface area contributed by atoms with E-state index in [2.05, 4.69) is 5.32 Å². The van der Waals surface area contributed by atoms with Crippen molar-refractivity contribution in [2.45, 2.75) is 32.4 Å². The van der Waals surface area contributed by atoms with Crippen LogP contribution in [-0.4, -0.2) is 31.0 Å². The molecule has 1 heterocycles. The normalized spacial score (nSPS) is 15.0. The van der Waals surface area contributed by atoms with Crippen LogP contribution < -0.4 is 5.32 Å². The van der Waals surface area contributed by atoms with Crippen LogP contribution in [0.4, 0.5) is 0 Å². The maximum atomic E-state index is 9.01. The standard InChI is InChI=1S/C12H21NO3/c1-10-4-5-11(16-10)8-13-12(2,6-7-14)9-15-3/h4-5,13-14H,6-9H2,1-3H3. The maximum absolute atomic E-state index is 9.01. The largest absolute Gasteiger partial charge is 0.465 e. The van der Waals surface area contributed by atoms with Gasteiger partial charge < -0.3 is 19.6 Å². The summed E-state index contributed by atoms with van der Waals surface area (Å²) in [6, 6.07) is 3.89. The highest BCUT2D eigenvalue weighted by molar-refractivity contribution is 5.05. The number of aryl methyl sites for hydroxylation is 1. The lowest BCUT2D eigenvalue weighted by Gasteiger charge is -2.29. The van der Waals surface area contributed by atoms with Gasteiger partial charge in [-0.25, -0.2) is 0 Å². The molecule has 0 amide bonds. The second-order valence-electron chi connectivity index (χ2n) is 4.33. The summed E-state index contributed by atoms with van der Waals surface area (Å²) in [4.78, 5) is 0. The summed E-state index contributed by atoms with van der Waals surface area (Å²) in [5, 5.41) is 12.4. The molecule has 0 saturated heterocycles. The minimum atomic E-state index is -0.218. The van der Waals surface area contributed by atoms with E-state index in [4.69, 9.17) is 14.3 Å². The molecule has 1 unspecified atom stereocenters. The molecule has 0 aliphatic carbocycles. The number of hydrogen-bond acceptors (Lipinski definition) is 4. The summed E-state index contributed by atoms with van der Waals surface area (Å²) in [7, 11) is 1.66. The van der Waals surface area contributed by atoms with E-state index in [1.54, 1.807) is 7.11 Å². The Morgan fingerprint density at radius 3 is 2.75 bits per heavy atom. The first kappa shape index (κ1) is 13.2. The average Bonchev–Trinajstić information content (AvgIpc) is 2.62. The first-order valence-corrected chi connectivity index (χ1v) is 5.50. The molecule has 1 rings (SSSR count). The number of hydrogen-bond donors (Lipinski definition) is 2. The van der Waals surface area contributed by atoms with Crippen LogP contribution in [0.25, 0.3) is 0 Å². The Morgan fingerprint density at radius 1 is 1.50 bits per heavy atom. The molecule has 0 aliphatic heterocycles. The molecule has 92 valence electrons. The van der Waals surface area contributed by atoms with Gasteiger partial charge in [0.1, 0.15) is 11.5 Å². The third kappa shape index (κ3) is 3.96. The van der Waals surface area contributed by atoms with Crippen LogP contribution >= 0.6 is 0 Å². The van der Waals surface area contributed by atoms with Gasteiger partial charge in [0.05, 0.1) is 13.2 Å². The summed E-state index contributed by atoms with van der Waals surface area (Å²) < 4.78 is 10.6. The van der Waals surface area contributed by atoms with Gasteiger partial charge in [0.2, 0.25) is 0 Å². The van der Waals surface area contributed by atoms with Crippen molar-refractivity contribution in [2.75, 3.05) is 20.3 Å². The van der Waals surface area contributed by atoms with Crippen molar-refractivity contribution in [3.8, 4) is 0 Å². The zero-order valence-corrected chi connectivity index (χ0v) is 10.2. The number of aliphatic hydroxyl groups is 1. The summed E-state index contributed by atoms with van der Waals surface area (Å²) in [6.45, 7) is 5.30. The lowest BCUT2D eigenvalue weighted by Crippen LogP contribution is -2.46. The van der Waals surface area contributed by atoms with Crippen LogP contribution in [0.1, 0.15) is 24.9 Å². The van der Waals surface area contributed by atoms with Gasteiger partial charge in [0.25, 0.3) is 0 Å². The van der Waals surface area contributed by atoms with Crippen molar-refractivity contribution in [2.24, 2.45) is 0 Å². The zero-order valence-electron chi connectivity index (χ0n) is 10.2. The number of rotatable bonds is 7. The first-order chi connectivity index (χ1) is 7.59. The lowest BCUT2D eigenvalue weighted by atomic mass is 9.99. The molecule has 1 aromatic rings. The molecule has 0 saturated carbocycles. The topological polar surface area (TPSA) is 54.6 Å². The van der Waals surface area contributed by atoms with Crippen molar-refractivity contribution < 1.29 is 14.3 Å². The third-order valence-corrected chi connectivity index (χ3v) is 2.61.